The summed E-state index contributed by atoms with van der Waals surface area (Å²) in [5, 5.41) is 2.92. The summed E-state index contributed by atoms with van der Waals surface area (Å²) in [5.74, 6) is -0.881. The smallest absolute Gasteiger partial charge is 0.378 e. The molecule has 17 heavy (non-hydrogen) atoms. The Bertz CT molecular complexity index is 401. The van der Waals surface area contributed by atoms with Gasteiger partial charge in [-0.1, -0.05) is 6.07 Å². The van der Waals surface area contributed by atoms with Crippen LogP contribution < -0.4 is 5.32 Å². The van der Waals surface area contributed by atoms with Gasteiger partial charge in [-0.15, -0.1) is 0 Å². The third-order valence-corrected chi connectivity index (χ3v) is 2.60. The fourth-order valence-corrected chi connectivity index (χ4v) is 1.57. The van der Waals surface area contributed by atoms with Crippen molar-refractivity contribution in [2.24, 2.45) is 0 Å². The Hall–Kier alpha value is -1.14. The van der Waals surface area contributed by atoms with Crippen LogP contribution in [0.3, 0.4) is 0 Å². The predicted octanol–water partition coefficient (Wildman–Crippen LogP) is 2.33. The van der Waals surface area contributed by atoms with Gasteiger partial charge in [0.1, 0.15) is 5.82 Å². The maximum absolute atomic E-state index is 12.8. The van der Waals surface area contributed by atoms with E-state index < -0.39 is 17.6 Å². The molecule has 0 radical (unpaired) electrons. The fourth-order valence-electron chi connectivity index (χ4n) is 1.57. The lowest BCUT2D eigenvalue weighted by atomic mass is 10.1. The third kappa shape index (κ3) is 2.95. The molecule has 0 aliphatic carbocycles. The van der Waals surface area contributed by atoms with Crippen molar-refractivity contribution >= 4 is 0 Å². The first-order valence-corrected chi connectivity index (χ1v) is 5.13. The zero-order valence-electron chi connectivity index (χ0n) is 8.85. The van der Waals surface area contributed by atoms with Crippen molar-refractivity contribution in [2.75, 3.05) is 13.2 Å². The van der Waals surface area contributed by atoms with E-state index in [2.05, 4.69) is 5.32 Å². The molecular formula is C11H11F4NO. The molecule has 1 aliphatic rings. The quantitative estimate of drug-likeness (QED) is 0.830. The summed E-state index contributed by atoms with van der Waals surface area (Å²) in [6.45, 7) is 1.06. The van der Waals surface area contributed by atoms with Crippen LogP contribution in [-0.4, -0.2) is 19.3 Å². The third-order valence-electron chi connectivity index (χ3n) is 2.60. The van der Waals surface area contributed by atoms with Gasteiger partial charge < -0.3 is 10.1 Å². The van der Waals surface area contributed by atoms with E-state index in [1.165, 1.54) is 0 Å². The first-order chi connectivity index (χ1) is 7.97. The highest BCUT2D eigenvalue weighted by Crippen LogP contribution is 2.32. The maximum atomic E-state index is 12.8. The van der Waals surface area contributed by atoms with Crippen molar-refractivity contribution in [3.8, 4) is 0 Å². The number of halogens is 4. The maximum Gasteiger partial charge on any atom is 0.416 e. The second-order valence-corrected chi connectivity index (χ2v) is 3.91. The number of hydrogen-bond donors (Lipinski definition) is 1. The average Bonchev–Trinajstić information content (AvgIpc) is 2.16. The SMILES string of the molecule is Fc1ccc(CNC2COC2)c(C(F)(F)F)c1. The van der Waals surface area contributed by atoms with Gasteiger partial charge in [0.25, 0.3) is 0 Å². The zero-order chi connectivity index (χ0) is 12.5. The molecule has 0 saturated carbocycles. The van der Waals surface area contributed by atoms with Crippen LogP contribution >= 0.6 is 0 Å². The van der Waals surface area contributed by atoms with Gasteiger partial charge in [0.05, 0.1) is 24.8 Å². The lowest BCUT2D eigenvalue weighted by molar-refractivity contribution is -0.138. The minimum Gasteiger partial charge on any atom is -0.378 e. The first kappa shape index (κ1) is 12.3. The van der Waals surface area contributed by atoms with Gasteiger partial charge in [-0.25, -0.2) is 4.39 Å². The van der Waals surface area contributed by atoms with Crippen molar-refractivity contribution in [1.29, 1.82) is 0 Å². The van der Waals surface area contributed by atoms with Crippen molar-refractivity contribution in [1.82, 2.24) is 5.32 Å². The number of ether oxygens (including phenoxy) is 1. The van der Waals surface area contributed by atoms with E-state index in [1.807, 2.05) is 0 Å². The Morgan fingerprint density at radius 2 is 2.00 bits per heavy atom. The van der Waals surface area contributed by atoms with Crippen molar-refractivity contribution in [3.05, 3.63) is 35.1 Å². The lowest BCUT2D eigenvalue weighted by Gasteiger charge is -2.27. The zero-order valence-corrected chi connectivity index (χ0v) is 8.85. The highest BCUT2D eigenvalue weighted by atomic mass is 19.4. The molecule has 0 spiro atoms. The summed E-state index contributed by atoms with van der Waals surface area (Å²) in [4.78, 5) is 0. The fraction of sp³-hybridized carbons (Fsp3) is 0.455. The van der Waals surface area contributed by atoms with Crippen molar-refractivity contribution < 1.29 is 22.3 Å². The van der Waals surface area contributed by atoms with E-state index in [1.54, 1.807) is 0 Å². The Balaban J connectivity index is 2.13. The Morgan fingerprint density at radius 3 is 2.53 bits per heavy atom. The minimum atomic E-state index is -4.53. The van der Waals surface area contributed by atoms with Crippen LogP contribution in [0.2, 0.25) is 0 Å². The molecule has 1 saturated heterocycles. The molecule has 0 atom stereocenters. The molecule has 0 aromatic heterocycles. The Labute approximate surface area is 95.6 Å². The second kappa shape index (κ2) is 4.62. The predicted molar refractivity (Wildman–Crippen MR) is 52.8 cm³/mol. The Kier molecular flexibility index (Phi) is 3.35. The van der Waals surface area contributed by atoms with Gasteiger partial charge >= 0.3 is 6.18 Å². The molecular weight excluding hydrogens is 238 g/mol. The summed E-state index contributed by atoms with van der Waals surface area (Å²) in [7, 11) is 0. The standard InChI is InChI=1S/C11H11F4NO/c12-8-2-1-7(4-16-9-5-17-6-9)10(3-8)11(13,14)15/h1-3,9,16H,4-6H2. The van der Waals surface area contributed by atoms with Crippen LogP contribution in [0.4, 0.5) is 17.6 Å². The molecule has 1 aromatic rings. The normalized spacial score (nSPS) is 16.9. The van der Waals surface area contributed by atoms with Gasteiger partial charge in [0, 0.05) is 6.54 Å². The van der Waals surface area contributed by atoms with E-state index in [-0.39, 0.29) is 18.2 Å². The molecule has 94 valence electrons. The van der Waals surface area contributed by atoms with Crippen LogP contribution in [-0.2, 0) is 17.5 Å². The van der Waals surface area contributed by atoms with E-state index in [4.69, 9.17) is 4.74 Å². The molecule has 1 heterocycles. The number of alkyl halides is 3. The molecule has 0 bridgehead atoms. The summed E-state index contributed by atoms with van der Waals surface area (Å²) in [5.41, 5.74) is -0.879. The van der Waals surface area contributed by atoms with Crippen LogP contribution in [0.5, 0.6) is 0 Å². The summed E-state index contributed by atoms with van der Waals surface area (Å²) in [6, 6.07) is 2.80. The van der Waals surface area contributed by atoms with E-state index >= 15 is 0 Å². The Morgan fingerprint density at radius 1 is 1.29 bits per heavy atom. The second-order valence-electron chi connectivity index (χ2n) is 3.91. The van der Waals surface area contributed by atoms with Crippen molar-refractivity contribution in [3.63, 3.8) is 0 Å². The topological polar surface area (TPSA) is 21.3 Å². The van der Waals surface area contributed by atoms with Crippen LogP contribution in [0.1, 0.15) is 11.1 Å². The van der Waals surface area contributed by atoms with Gasteiger partial charge in [-0.2, -0.15) is 13.2 Å². The number of nitrogens with one attached hydrogen (secondary N) is 1. The molecule has 6 heteroatoms. The van der Waals surface area contributed by atoms with E-state index in [9.17, 15) is 17.6 Å². The van der Waals surface area contributed by atoms with Crippen molar-refractivity contribution in [2.45, 2.75) is 18.8 Å². The van der Waals surface area contributed by atoms with E-state index in [0.29, 0.717) is 19.3 Å². The highest BCUT2D eigenvalue weighted by Gasteiger charge is 2.33. The summed E-state index contributed by atoms with van der Waals surface area (Å²) >= 11 is 0. The van der Waals surface area contributed by atoms with Gasteiger partial charge in [0.2, 0.25) is 0 Å². The van der Waals surface area contributed by atoms with Gasteiger partial charge in [-0.05, 0) is 17.7 Å². The van der Waals surface area contributed by atoms with Gasteiger partial charge in [0.15, 0.2) is 0 Å². The number of rotatable bonds is 3. The van der Waals surface area contributed by atoms with Crippen LogP contribution in [0.25, 0.3) is 0 Å². The lowest BCUT2D eigenvalue weighted by Crippen LogP contribution is -2.45. The monoisotopic (exact) mass is 249 g/mol. The minimum absolute atomic E-state index is 0.0470. The van der Waals surface area contributed by atoms with Gasteiger partial charge in [-0.3, -0.25) is 0 Å². The summed E-state index contributed by atoms with van der Waals surface area (Å²) in [6.07, 6.45) is -4.53. The molecule has 0 amide bonds. The van der Waals surface area contributed by atoms with Crippen LogP contribution in [0.15, 0.2) is 18.2 Å². The first-order valence-electron chi connectivity index (χ1n) is 5.13. The molecule has 1 aromatic carbocycles. The molecule has 2 rings (SSSR count). The summed E-state index contributed by atoms with van der Waals surface area (Å²) < 4.78 is 55.6. The largest absolute Gasteiger partial charge is 0.416 e. The molecule has 2 nitrogen and oxygen atoms in total. The molecule has 1 N–H and O–H groups in total. The molecule has 0 unspecified atom stereocenters. The molecule has 1 fully saturated rings. The van der Waals surface area contributed by atoms with Crippen LogP contribution in [0, 0.1) is 5.82 Å². The number of hydrogen-bond acceptors (Lipinski definition) is 2. The van der Waals surface area contributed by atoms with E-state index in [0.717, 1.165) is 12.1 Å². The number of benzene rings is 1. The molecule has 1 aliphatic heterocycles. The average molecular weight is 249 g/mol. The highest BCUT2D eigenvalue weighted by molar-refractivity contribution is 5.30.